The molecule has 0 spiro atoms. The maximum absolute atomic E-state index is 10.8. The number of nitrogens with zero attached hydrogens (tertiary/aromatic N) is 1. The zero-order valence-electron chi connectivity index (χ0n) is 6.85. The average Bonchev–Trinajstić information content (AvgIpc) is 1.86. The first-order valence-electron chi connectivity index (χ1n) is 3.42. The van der Waals surface area contributed by atoms with Gasteiger partial charge in [0, 0.05) is 6.08 Å². The lowest BCUT2D eigenvalue weighted by Crippen LogP contribution is -2.23. The molecule has 60 valence electrons. The van der Waals surface area contributed by atoms with Crippen molar-refractivity contribution in [3.8, 4) is 0 Å². The molecule has 1 amide bonds. The molecule has 0 bridgehead atoms. The Bertz CT molecular complexity index is 197. The summed E-state index contributed by atoms with van der Waals surface area (Å²) in [7, 11) is 0. The van der Waals surface area contributed by atoms with Crippen LogP contribution in [0.3, 0.4) is 0 Å². The highest BCUT2D eigenvalue weighted by Crippen LogP contribution is 1.86. The van der Waals surface area contributed by atoms with Gasteiger partial charge in [-0.15, -0.1) is 0 Å². The molecule has 0 radical (unpaired) electrons. The van der Waals surface area contributed by atoms with E-state index in [1.807, 2.05) is 13.8 Å². The number of nitrogens with one attached hydrogen (secondary N) is 1. The van der Waals surface area contributed by atoms with E-state index < -0.39 is 0 Å². The molecular weight excluding hydrogens is 140 g/mol. The summed E-state index contributed by atoms with van der Waals surface area (Å²) in [5.41, 5.74) is 0.963. The summed E-state index contributed by atoms with van der Waals surface area (Å²) in [5.74, 6) is -0.117. The first kappa shape index (κ1) is 9.70. The Morgan fingerprint density at radius 1 is 1.64 bits per heavy atom. The van der Waals surface area contributed by atoms with Crippen LogP contribution in [-0.4, -0.2) is 19.0 Å². The molecule has 0 atom stereocenters. The Kier molecular flexibility index (Phi) is 4.83. The minimum atomic E-state index is -0.117. The van der Waals surface area contributed by atoms with Crippen LogP contribution >= 0.6 is 0 Å². The predicted octanol–water partition coefficient (Wildman–Crippen LogP) is 0.988. The summed E-state index contributed by atoms with van der Waals surface area (Å²) < 4.78 is 0. The molecule has 0 saturated carbocycles. The van der Waals surface area contributed by atoms with E-state index in [0.29, 0.717) is 13.1 Å². The molecule has 0 aliphatic carbocycles. The van der Waals surface area contributed by atoms with Gasteiger partial charge in [-0.25, -0.2) is 6.57 Å². The summed E-state index contributed by atoms with van der Waals surface area (Å²) in [6.07, 6.45) is 1.52. The molecule has 0 unspecified atom stereocenters. The SMILES string of the molecule is [C-]#[N+]CCNC(=O)C=C(C)C. The Balaban J connectivity index is 3.56. The zero-order chi connectivity index (χ0) is 8.69. The number of carbonyl (C=O) groups excluding carboxylic acids is 1. The van der Waals surface area contributed by atoms with Gasteiger partial charge in [0.15, 0.2) is 0 Å². The minimum absolute atomic E-state index is 0.117. The van der Waals surface area contributed by atoms with Crippen molar-refractivity contribution in [2.45, 2.75) is 13.8 Å². The highest BCUT2D eigenvalue weighted by atomic mass is 16.1. The third kappa shape index (κ3) is 6.59. The molecule has 1 N–H and O–H groups in total. The summed E-state index contributed by atoms with van der Waals surface area (Å²) in [5, 5.41) is 2.59. The standard InChI is InChI=1S/C8H12N2O/c1-7(2)6-8(11)10-5-4-9-3/h6H,4-5H2,1-2H3,(H,10,11). The van der Waals surface area contributed by atoms with E-state index in [-0.39, 0.29) is 5.91 Å². The predicted molar refractivity (Wildman–Crippen MR) is 43.9 cm³/mol. The minimum Gasteiger partial charge on any atom is -0.345 e. The van der Waals surface area contributed by atoms with Crippen molar-refractivity contribution in [2.24, 2.45) is 0 Å². The van der Waals surface area contributed by atoms with Gasteiger partial charge >= 0.3 is 0 Å². The summed E-state index contributed by atoms with van der Waals surface area (Å²) in [6, 6.07) is 0. The molecule has 0 aromatic carbocycles. The molecule has 0 aliphatic heterocycles. The van der Waals surface area contributed by atoms with Gasteiger partial charge in [-0.2, -0.15) is 0 Å². The fraction of sp³-hybridized carbons (Fsp3) is 0.500. The van der Waals surface area contributed by atoms with Crippen molar-refractivity contribution in [2.75, 3.05) is 13.1 Å². The lowest BCUT2D eigenvalue weighted by molar-refractivity contribution is -0.116. The fourth-order valence-electron chi connectivity index (χ4n) is 0.548. The first-order chi connectivity index (χ1) is 5.16. The smallest absolute Gasteiger partial charge is 0.244 e. The topological polar surface area (TPSA) is 33.5 Å². The van der Waals surface area contributed by atoms with Crippen molar-refractivity contribution in [3.05, 3.63) is 23.1 Å². The highest BCUT2D eigenvalue weighted by molar-refractivity contribution is 5.87. The molecule has 0 aliphatic rings. The number of allylic oxidation sites excluding steroid dienone is 1. The van der Waals surface area contributed by atoms with Crippen LogP contribution in [0.15, 0.2) is 11.6 Å². The van der Waals surface area contributed by atoms with Gasteiger partial charge in [-0.05, 0) is 13.8 Å². The Hall–Kier alpha value is -1.30. The molecule has 0 aromatic heterocycles. The maximum atomic E-state index is 10.8. The summed E-state index contributed by atoms with van der Waals surface area (Å²) >= 11 is 0. The fourth-order valence-corrected chi connectivity index (χ4v) is 0.548. The highest BCUT2D eigenvalue weighted by Gasteiger charge is 1.94. The van der Waals surface area contributed by atoms with Crippen molar-refractivity contribution in [1.29, 1.82) is 0 Å². The van der Waals surface area contributed by atoms with Gasteiger partial charge < -0.3 is 10.2 Å². The van der Waals surface area contributed by atoms with Gasteiger partial charge in [-0.1, -0.05) is 5.57 Å². The second kappa shape index (κ2) is 5.48. The van der Waals surface area contributed by atoms with Crippen LogP contribution in [0, 0.1) is 6.57 Å². The molecule has 0 saturated heterocycles. The average molecular weight is 152 g/mol. The Morgan fingerprint density at radius 2 is 2.27 bits per heavy atom. The van der Waals surface area contributed by atoms with Crippen LogP contribution in [0.4, 0.5) is 0 Å². The van der Waals surface area contributed by atoms with E-state index in [2.05, 4.69) is 10.2 Å². The van der Waals surface area contributed by atoms with E-state index >= 15 is 0 Å². The molecule has 0 rings (SSSR count). The first-order valence-corrected chi connectivity index (χ1v) is 3.42. The van der Waals surface area contributed by atoms with Gasteiger partial charge in [0.2, 0.25) is 12.5 Å². The van der Waals surface area contributed by atoms with Crippen LogP contribution in [0.25, 0.3) is 4.85 Å². The summed E-state index contributed by atoms with van der Waals surface area (Å²) in [4.78, 5) is 13.9. The molecule has 0 heterocycles. The Labute approximate surface area is 66.9 Å². The van der Waals surface area contributed by atoms with Crippen molar-refractivity contribution in [3.63, 3.8) is 0 Å². The van der Waals surface area contributed by atoms with Gasteiger partial charge in [0.1, 0.15) is 0 Å². The second-order valence-corrected chi connectivity index (χ2v) is 2.39. The van der Waals surface area contributed by atoms with Crippen LogP contribution in [0.1, 0.15) is 13.8 Å². The quantitative estimate of drug-likeness (QED) is 0.365. The number of rotatable bonds is 3. The van der Waals surface area contributed by atoms with E-state index in [1.165, 1.54) is 6.08 Å². The van der Waals surface area contributed by atoms with Gasteiger partial charge in [0.25, 0.3) is 0 Å². The third-order valence-electron chi connectivity index (χ3n) is 0.943. The number of amides is 1. The normalized spacial score (nSPS) is 8.09. The van der Waals surface area contributed by atoms with Crippen molar-refractivity contribution in [1.82, 2.24) is 5.32 Å². The van der Waals surface area contributed by atoms with Crippen LogP contribution in [0.5, 0.6) is 0 Å². The zero-order valence-corrected chi connectivity index (χ0v) is 6.85. The van der Waals surface area contributed by atoms with E-state index in [1.54, 1.807) is 0 Å². The van der Waals surface area contributed by atoms with E-state index in [0.717, 1.165) is 5.57 Å². The molecule has 3 nitrogen and oxygen atoms in total. The molecule has 11 heavy (non-hydrogen) atoms. The molecular formula is C8H12N2O. The van der Waals surface area contributed by atoms with Crippen molar-refractivity contribution < 1.29 is 4.79 Å². The largest absolute Gasteiger partial charge is 0.345 e. The van der Waals surface area contributed by atoms with E-state index in [9.17, 15) is 4.79 Å². The monoisotopic (exact) mass is 152 g/mol. The Morgan fingerprint density at radius 3 is 2.73 bits per heavy atom. The summed E-state index contributed by atoms with van der Waals surface area (Å²) in [6.45, 7) is 10.9. The van der Waals surface area contributed by atoms with Crippen LogP contribution < -0.4 is 5.32 Å². The van der Waals surface area contributed by atoms with Gasteiger partial charge in [-0.3, -0.25) is 4.79 Å². The molecule has 0 aromatic rings. The number of carbonyl (C=O) groups is 1. The third-order valence-corrected chi connectivity index (χ3v) is 0.943. The van der Waals surface area contributed by atoms with Crippen molar-refractivity contribution >= 4 is 5.91 Å². The second-order valence-electron chi connectivity index (χ2n) is 2.39. The van der Waals surface area contributed by atoms with Crippen LogP contribution in [0.2, 0.25) is 0 Å². The molecule has 0 fully saturated rings. The van der Waals surface area contributed by atoms with E-state index in [4.69, 9.17) is 6.57 Å². The number of hydrogen-bond acceptors (Lipinski definition) is 1. The molecule has 3 heteroatoms. The lowest BCUT2D eigenvalue weighted by atomic mass is 10.3. The number of hydrogen-bond donors (Lipinski definition) is 1. The van der Waals surface area contributed by atoms with Crippen LogP contribution in [-0.2, 0) is 4.79 Å². The maximum Gasteiger partial charge on any atom is 0.244 e. The lowest BCUT2D eigenvalue weighted by Gasteiger charge is -1.95. The van der Waals surface area contributed by atoms with Gasteiger partial charge in [0.05, 0.1) is 6.54 Å².